The smallest absolute Gasteiger partial charge is 0.399 e. The van der Waals surface area contributed by atoms with Crippen LogP contribution in [0.5, 0.6) is 11.5 Å². The summed E-state index contributed by atoms with van der Waals surface area (Å²) in [7, 11) is 0. The highest BCUT2D eigenvalue weighted by Crippen LogP contribution is 2.42. The van der Waals surface area contributed by atoms with Gasteiger partial charge >= 0.3 is 6.29 Å². The van der Waals surface area contributed by atoms with Crippen molar-refractivity contribution in [2.24, 2.45) is 0 Å². The molecular formula is C14H12F2N2O2. The maximum absolute atomic E-state index is 12.9. The fraction of sp³-hybridized carbons (Fsp3) is 0.143. The van der Waals surface area contributed by atoms with E-state index in [1.165, 1.54) is 12.1 Å². The topological polar surface area (TPSA) is 56.5 Å². The number of benzene rings is 2. The zero-order chi connectivity index (χ0) is 14.3. The summed E-state index contributed by atoms with van der Waals surface area (Å²) in [5.41, 5.74) is 8.75. The second-order valence-corrected chi connectivity index (χ2v) is 4.53. The Labute approximate surface area is 114 Å². The van der Waals surface area contributed by atoms with Crippen LogP contribution in [-0.2, 0) is 0 Å². The number of rotatable bonds is 2. The summed E-state index contributed by atoms with van der Waals surface area (Å²) >= 11 is 0. The first-order chi connectivity index (χ1) is 9.43. The number of nitrogen functional groups attached to an aromatic ring is 1. The zero-order valence-electron chi connectivity index (χ0n) is 10.6. The number of hydrogen-bond donors (Lipinski definition) is 2. The van der Waals surface area contributed by atoms with Gasteiger partial charge in [0.15, 0.2) is 11.5 Å². The van der Waals surface area contributed by atoms with Gasteiger partial charge in [-0.05, 0) is 42.8 Å². The highest BCUT2D eigenvalue weighted by molar-refractivity contribution is 5.68. The molecule has 0 aliphatic carbocycles. The number of ether oxygens (including phenoxy) is 2. The van der Waals surface area contributed by atoms with Crippen molar-refractivity contribution in [1.82, 2.24) is 0 Å². The molecule has 1 aliphatic rings. The van der Waals surface area contributed by atoms with Gasteiger partial charge in [0.1, 0.15) is 0 Å². The van der Waals surface area contributed by atoms with E-state index < -0.39 is 6.29 Å². The molecule has 0 saturated heterocycles. The Balaban J connectivity index is 1.86. The van der Waals surface area contributed by atoms with Gasteiger partial charge in [0.2, 0.25) is 0 Å². The molecule has 0 aromatic heterocycles. The molecule has 1 heterocycles. The van der Waals surface area contributed by atoms with E-state index in [9.17, 15) is 8.78 Å². The van der Waals surface area contributed by atoms with Gasteiger partial charge < -0.3 is 20.5 Å². The van der Waals surface area contributed by atoms with Crippen LogP contribution in [0.25, 0.3) is 0 Å². The Kier molecular flexibility index (Phi) is 2.67. The van der Waals surface area contributed by atoms with Crippen molar-refractivity contribution < 1.29 is 18.3 Å². The minimum Gasteiger partial charge on any atom is -0.399 e. The highest BCUT2D eigenvalue weighted by atomic mass is 19.3. The highest BCUT2D eigenvalue weighted by Gasteiger charge is 2.43. The molecular weight excluding hydrogens is 266 g/mol. The van der Waals surface area contributed by atoms with Gasteiger partial charge in [0.05, 0.1) is 0 Å². The van der Waals surface area contributed by atoms with Crippen molar-refractivity contribution >= 4 is 17.1 Å². The number of halogens is 2. The van der Waals surface area contributed by atoms with E-state index in [-0.39, 0.29) is 11.5 Å². The molecule has 6 heteroatoms. The number of nitrogens with one attached hydrogen (secondary N) is 1. The van der Waals surface area contributed by atoms with Gasteiger partial charge in [0.25, 0.3) is 0 Å². The fourth-order valence-electron chi connectivity index (χ4n) is 2.01. The fourth-order valence-corrected chi connectivity index (χ4v) is 2.01. The van der Waals surface area contributed by atoms with Crippen molar-refractivity contribution in [3.63, 3.8) is 0 Å². The summed E-state index contributed by atoms with van der Waals surface area (Å²) in [6.07, 6.45) is -3.60. The molecule has 3 rings (SSSR count). The quantitative estimate of drug-likeness (QED) is 0.823. The van der Waals surface area contributed by atoms with Gasteiger partial charge in [0, 0.05) is 23.1 Å². The SMILES string of the molecule is Cc1cc(N)ccc1Nc1ccc2c(c1)OC(F)(F)O2. The Morgan fingerprint density at radius 3 is 2.55 bits per heavy atom. The van der Waals surface area contributed by atoms with E-state index in [2.05, 4.69) is 14.8 Å². The summed E-state index contributed by atoms with van der Waals surface area (Å²) in [6, 6.07) is 9.94. The molecule has 0 bridgehead atoms. The molecule has 2 aromatic carbocycles. The van der Waals surface area contributed by atoms with Gasteiger partial charge in [-0.2, -0.15) is 0 Å². The summed E-state index contributed by atoms with van der Waals surface area (Å²) in [5, 5.41) is 3.12. The van der Waals surface area contributed by atoms with E-state index in [4.69, 9.17) is 5.73 Å². The van der Waals surface area contributed by atoms with Crippen LogP contribution >= 0.6 is 0 Å². The van der Waals surface area contributed by atoms with Crippen LogP contribution in [0.4, 0.5) is 25.8 Å². The molecule has 3 N–H and O–H groups in total. The normalized spacial score (nSPS) is 15.2. The Bertz CT molecular complexity index is 674. The van der Waals surface area contributed by atoms with E-state index >= 15 is 0 Å². The minimum atomic E-state index is -3.60. The van der Waals surface area contributed by atoms with Crippen LogP contribution in [0.3, 0.4) is 0 Å². The Morgan fingerprint density at radius 1 is 1.05 bits per heavy atom. The van der Waals surface area contributed by atoms with Gasteiger partial charge in [-0.15, -0.1) is 8.78 Å². The maximum atomic E-state index is 12.9. The number of aryl methyl sites for hydroxylation is 1. The van der Waals surface area contributed by atoms with Crippen molar-refractivity contribution in [3.05, 3.63) is 42.0 Å². The Morgan fingerprint density at radius 2 is 1.80 bits per heavy atom. The average molecular weight is 278 g/mol. The number of nitrogens with two attached hydrogens (primary N) is 1. The summed E-state index contributed by atoms with van der Waals surface area (Å²) in [6.45, 7) is 1.90. The zero-order valence-corrected chi connectivity index (χ0v) is 10.6. The molecule has 1 aliphatic heterocycles. The predicted molar refractivity (Wildman–Crippen MR) is 71.5 cm³/mol. The largest absolute Gasteiger partial charge is 0.586 e. The maximum Gasteiger partial charge on any atom is 0.586 e. The molecule has 0 fully saturated rings. The van der Waals surface area contributed by atoms with Crippen LogP contribution < -0.4 is 20.5 Å². The van der Waals surface area contributed by atoms with E-state index in [0.29, 0.717) is 11.4 Å². The van der Waals surface area contributed by atoms with Crippen molar-refractivity contribution in [2.75, 3.05) is 11.1 Å². The lowest BCUT2D eigenvalue weighted by molar-refractivity contribution is -0.286. The molecule has 0 spiro atoms. The molecule has 20 heavy (non-hydrogen) atoms. The predicted octanol–water partition coefficient (Wildman–Crippen LogP) is 3.64. The number of alkyl halides is 2. The van der Waals surface area contributed by atoms with Gasteiger partial charge in [-0.25, -0.2) is 0 Å². The third kappa shape index (κ3) is 2.32. The third-order valence-corrected chi connectivity index (χ3v) is 2.93. The molecule has 104 valence electrons. The first-order valence-electron chi connectivity index (χ1n) is 5.96. The summed E-state index contributed by atoms with van der Waals surface area (Å²) in [4.78, 5) is 0. The average Bonchev–Trinajstić information content (AvgIpc) is 2.66. The second-order valence-electron chi connectivity index (χ2n) is 4.53. The van der Waals surface area contributed by atoms with Crippen LogP contribution in [0, 0.1) is 6.92 Å². The lowest BCUT2D eigenvalue weighted by atomic mass is 10.1. The Hall–Kier alpha value is -2.50. The standard InChI is InChI=1S/C14H12F2N2O2/c1-8-6-9(17)2-4-11(8)18-10-3-5-12-13(7-10)20-14(15,16)19-12/h2-7,18H,17H2,1H3. The number of anilines is 3. The van der Waals surface area contributed by atoms with Crippen molar-refractivity contribution in [1.29, 1.82) is 0 Å². The van der Waals surface area contributed by atoms with Crippen LogP contribution in [0.15, 0.2) is 36.4 Å². The number of fused-ring (bicyclic) bond motifs is 1. The van der Waals surface area contributed by atoms with Crippen molar-refractivity contribution in [3.8, 4) is 11.5 Å². The third-order valence-electron chi connectivity index (χ3n) is 2.93. The van der Waals surface area contributed by atoms with Crippen LogP contribution in [0.1, 0.15) is 5.56 Å². The first kappa shape index (κ1) is 12.5. The molecule has 0 saturated carbocycles. The number of hydrogen-bond acceptors (Lipinski definition) is 4. The summed E-state index contributed by atoms with van der Waals surface area (Å²) < 4.78 is 34.6. The van der Waals surface area contributed by atoms with Crippen molar-refractivity contribution in [2.45, 2.75) is 13.2 Å². The van der Waals surface area contributed by atoms with E-state index in [1.807, 2.05) is 19.1 Å². The second kappa shape index (κ2) is 4.26. The molecule has 0 radical (unpaired) electrons. The molecule has 2 aromatic rings. The van der Waals surface area contributed by atoms with Crippen LogP contribution in [0.2, 0.25) is 0 Å². The molecule has 0 unspecified atom stereocenters. The first-order valence-corrected chi connectivity index (χ1v) is 5.96. The lowest BCUT2D eigenvalue weighted by Gasteiger charge is -2.10. The van der Waals surface area contributed by atoms with E-state index in [0.717, 1.165) is 11.3 Å². The van der Waals surface area contributed by atoms with Gasteiger partial charge in [-0.1, -0.05) is 0 Å². The lowest BCUT2D eigenvalue weighted by Crippen LogP contribution is -2.25. The molecule has 0 atom stereocenters. The molecule has 4 nitrogen and oxygen atoms in total. The minimum absolute atomic E-state index is 0.00750. The van der Waals surface area contributed by atoms with Gasteiger partial charge in [-0.3, -0.25) is 0 Å². The monoisotopic (exact) mass is 278 g/mol. The summed E-state index contributed by atoms with van der Waals surface area (Å²) in [5.74, 6) is 0.0303. The molecule has 0 amide bonds. The van der Waals surface area contributed by atoms with E-state index in [1.54, 1.807) is 12.1 Å². The van der Waals surface area contributed by atoms with Crippen LogP contribution in [-0.4, -0.2) is 6.29 Å².